The number of benzene rings is 1. The van der Waals surface area contributed by atoms with Crippen molar-refractivity contribution in [2.24, 2.45) is 0 Å². The Hall–Kier alpha value is -1.22. The van der Waals surface area contributed by atoms with Crippen LogP contribution in [0.5, 0.6) is 5.75 Å². The molecule has 0 heterocycles. The Kier molecular flexibility index (Phi) is 5.08. The standard InChI is InChI=1S/C16H25NO2/c1-4-12(3)19-15-8-6-7-13(9-15)17-14-10-16(11-14)18-5-2/h6-9,12,14,16-17H,4-5,10-11H2,1-3H3. The lowest BCUT2D eigenvalue weighted by atomic mass is 9.89. The van der Waals surface area contributed by atoms with E-state index >= 15 is 0 Å². The maximum absolute atomic E-state index is 5.83. The molecule has 0 bridgehead atoms. The lowest BCUT2D eigenvalue weighted by molar-refractivity contribution is 0.00299. The van der Waals surface area contributed by atoms with Crippen molar-refractivity contribution in [1.29, 1.82) is 0 Å². The first kappa shape index (κ1) is 14.2. The van der Waals surface area contributed by atoms with Gasteiger partial charge in [-0.25, -0.2) is 0 Å². The summed E-state index contributed by atoms with van der Waals surface area (Å²) in [5.74, 6) is 0.944. The Morgan fingerprint density at radius 1 is 1.32 bits per heavy atom. The van der Waals surface area contributed by atoms with E-state index in [1.54, 1.807) is 0 Å². The molecule has 0 amide bonds. The molecular weight excluding hydrogens is 238 g/mol. The molecular formula is C16H25NO2. The summed E-state index contributed by atoms with van der Waals surface area (Å²) in [5, 5.41) is 3.54. The number of hydrogen-bond donors (Lipinski definition) is 1. The molecule has 0 spiro atoms. The first-order chi connectivity index (χ1) is 9.21. The van der Waals surface area contributed by atoms with Crippen LogP contribution in [0.1, 0.15) is 40.0 Å². The molecule has 106 valence electrons. The smallest absolute Gasteiger partial charge is 0.121 e. The van der Waals surface area contributed by atoms with E-state index in [1.807, 2.05) is 12.1 Å². The second-order valence-electron chi connectivity index (χ2n) is 5.25. The molecule has 3 nitrogen and oxygen atoms in total. The highest BCUT2D eigenvalue weighted by atomic mass is 16.5. The van der Waals surface area contributed by atoms with Gasteiger partial charge in [0.1, 0.15) is 5.75 Å². The van der Waals surface area contributed by atoms with Gasteiger partial charge in [-0.2, -0.15) is 0 Å². The van der Waals surface area contributed by atoms with E-state index in [0.29, 0.717) is 12.1 Å². The lowest BCUT2D eigenvalue weighted by Crippen LogP contribution is -2.40. The monoisotopic (exact) mass is 263 g/mol. The van der Waals surface area contributed by atoms with Crippen LogP contribution in [-0.2, 0) is 4.74 Å². The van der Waals surface area contributed by atoms with Crippen LogP contribution in [0.4, 0.5) is 5.69 Å². The molecule has 0 aromatic heterocycles. The van der Waals surface area contributed by atoms with Crippen LogP contribution in [0.15, 0.2) is 24.3 Å². The molecule has 0 aliphatic heterocycles. The van der Waals surface area contributed by atoms with Gasteiger partial charge in [-0.15, -0.1) is 0 Å². The Morgan fingerprint density at radius 3 is 2.79 bits per heavy atom. The summed E-state index contributed by atoms with van der Waals surface area (Å²) in [6, 6.07) is 8.77. The minimum atomic E-state index is 0.265. The van der Waals surface area contributed by atoms with Gasteiger partial charge in [0.15, 0.2) is 0 Å². The van der Waals surface area contributed by atoms with E-state index in [-0.39, 0.29) is 6.10 Å². The number of ether oxygens (including phenoxy) is 2. The third kappa shape index (κ3) is 4.13. The minimum absolute atomic E-state index is 0.265. The van der Waals surface area contributed by atoms with Gasteiger partial charge in [0.25, 0.3) is 0 Å². The van der Waals surface area contributed by atoms with E-state index in [0.717, 1.165) is 37.3 Å². The molecule has 1 unspecified atom stereocenters. The van der Waals surface area contributed by atoms with Crippen LogP contribution < -0.4 is 10.1 Å². The zero-order chi connectivity index (χ0) is 13.7. The van der Waals surface area contributed by atoms with Crippen molar-refractivity contribution in [1.82, 2.24) is 0 Å². The molecule has 2 rings (SSSR count). The quantitative estimate of drug-likeness (QED) is 0.810. The maximum Gasteiger partial charge on any atom is 0.121 e. The van der Waals surface area contributed by atoms with Gasteiger partial charge in [-0.3, -0.25) is 0 Å². The van der Waals surface area contributed by atoms with E-state index in [9.17, 15) is 0 Å². The summed E-state index contributed by atoms with van der Waals surface area (Å²) < 4.78 is 11.4. The van der Waals surface area contributed by atoms with Crippen molar-refractivity contribution in [2.75, 3.05) is 11.9 Å². The molecule has 1 aromatic rings. The molecule has 1 atom stereocenters. The Labute approximate surface area is 116 Å². The highest BCUT2D eigenvalue weighted by Gasteiger charge is 2.29. The van der Waals surface area contributed by atoms with E-state index in [2.05, 4.69) is 38.2 Å². The highest BCUT2D eigenvalue weighted by molar-refractivity contribution is 5.49. The third-order valence-corrected chi connectivity index (χ3v) is 3.61. The Morgan fingerprint density at radius 2 is 2.11 bits per heavy atom. The highest BCUT2D eigenvalue weighted by Crippen LogP contribution is 2.28. The molecule has 1 aromatic carbocycles. The summed E-state index contributed by atoms with van der Waals surface area (Å²) in [4.78, 5) is 0. The molecule has 3 heteroatoms. The van der Waals surface area contributed by atoms with Crippen LogP contribution in [0.25, 0.3) is 0 Å². The number of rotatable bonds is 7. The molecule has 1 aliphatic carbocycles. The fourth-order valence-corrected chi connectivity index (χ4v) is 2.27. The van der Waals surface area contributed by atoms with Gasteiger partial charge in [0.05, 0.1) is 12.2 Å². The first-order valence-electron chi connectivity index (χ1n) is 7.36. The van der Waals surface area contributed by atoms with E-state index in [1.165, 1.54) is 0 Å². The second-order valence-corrected chi connectivity index (χ2v) is 5.25. The fraction of sp³-hybridized carbons (Fsp3) is 0.625. The predicted octanol–water partition coefficient (Wildman–Crippen LogP) is 3.84. The predicted molar refractivity (Wildman–Crippen MR) is 78.9 cm³/mol. The zero-order valence-electron chi connectivity index (χ0n) is 12.2. The number of anilines is 1. The summed E-state index contributed by atoms with van der Waals surface area (Å²) in [5.41, 5.74) is 1.14. The van der Waals surface area contributed by atoms with Gasteiger partial charge >= 0.3 is 0 Å². The molecule has 0 radical (unpaired) electrons. The number of hydrogen-bond acceptors (Lipinski definition) is 3. The molecule has 19 heavy (non-hydrogen) atoms. The fourth-order valence-electron chi connectivity index (χ4n) is 2.27. The van der Waals surface area contributed by atoms with Gasteiger partial charge < -0.3 is 14.8 Å². The third-order valence-electron chi connectivity index (χ3n) is 3.61. The van der Waals surface area contributed by atoms with Gasteiger partial charge in [-0.05, 0) is 45.2 Å². The molecule has 1 fully saturated rings. The van der Waals surface area contributed by atoms with Crippen molar-refractivity contribution < 1.29 is 9.47 Å². The van der Waals surface area contributed by atoms with Gasteiger partial charge in [0.2, 0.25) is 0 Å². The second kappa shape index (κ2) is 6.80. The lowest BCUT2D eigenvalue weighted by Gasteiger charge is -2.36. The van der Waals surface area contributed by atoms with Gasteiger partial charge in [0, 0.05) is 24.4 Å². The largest absolute Gasteiger partial charge is 0.491 e. The zero-order valence-corrected chi connectivity index (χ0v) is 12.2. The van der Waals surface area contributed by atoms with Crippen molar-refractivity contribution in [3.8, 4) is 5.75 Å². The molecule has 1 saturated carbocycles. The van der Waals surface area contributed by atoms with Crippen LogP contribution in [-0.4, -0.2) is 24.9 Å². The van der Waals surface area contributed by atoms with Crippen LogP contribution in [0, 0.1) is 0 Å². The van der Waals surface area contributed by atoms with E-state index in [4.69, 9.17) is 9.47 Å². The average Bonchev–Trinajstić information content (AvgIpc) is 2.36. The average molecular weight is 263 g/mol. The van der Waals surface area contributed by atoms with E-state index < -0.39 is 0 Å². The van der Waals surface area contributed by atoms with Crippen molar-refractivity contribution in [3.63, 3.8) is 0 Å². The van der Waals surface area contributed by atoms with Crippen LogP contribution in [0.3, 0.4) is 0 Å². The van der Waals surface area contributed by atoms with Crippen molar-refractivity contribution in [3.05, 3.63) is 24.3 Å². The van der Waals surface area contributed by atoms with Crippen LogP contribution >= 0.6 is 0 Å². The molecule has 1 N–H and O–H groups in total. The first-order valence-corrected chi connectivity index (χ1v) is 7.36. The minimum Gasteiger partial charge on any atom is -0.491 e. The summed E-state index contributed by atoms with van der Waals surface area (Å²) in [7, 11) is 0. The number of nitrogens with one attached hydrogen (secondary N) is 1. The Balaban J connectivity index is 1.83. The maximum atomic E-state index is 5.83. The normalized spacial score (nSPS) is 23.5. The summed E-state index contributed by atoms with van der Waals surface area (Å²) in [6.07, 6.45) is 3.94. The molecule has 0 saturated heterocycles. The summed E-state index contributed by atoms with van der Waals surface area (Å²) >= 11 is 0. The van der Waals surface area contributed by atoms with Crippen molar-refractivity contribution in [2.45, 2.75) is 58.3 Å². The van der Waals surface area contributed by atoms with Crippen LogP contribution in [0.2, 0.25) is 0 Å². The van der Waals surface area contributed by atoms with Crippen molar-refractivity contribution >= 4 is 5.69 Å². The molecule has 1 aliphatic rings. The topological polar surface area (TPSA) is 30.5 Å². The SMILES string of the molecule is CCOC1CC(Nc2cccc(OC(C)CC)c2)C1. The van der Waals surface area contributed by atoms with Gasteiger partial charge in [-0.1, -0.05) is 13.0 Å². The summed E-state index contributed by atoms with van der Waals surface area (Å²) in [6.45, 7) is 7.10. The Bertz CT molecular complexity index is 388.